The van der Waals surface area contributed by atoms with Crippen LogP contribution in [0.2, 0.25) is 0 Å². The second-order valence-electron chi connectivity index (χ2n) is 12.0. The molecule has 13 heteroatoms. The number of methoxy groups -OCH3 is 1. The number of nitrogens with one attached hydrogen (secondary N) is 2. The van der Waals surface area contributed by atoms with Crippen molar-refractivity contribution >= 4 is 34.5 Å². The number of amides is 3. The van der Waals surface area contributed by atoms with Crippen LogP contribution in [0.25, 0.3) is 28.0 Å². The molecule has 1 aliphatic rings. The summed E-state index contributed by atoms with van der Waals surface area (Å²) in [6, 6.07) is 9.92. The average molecular weight is 660 g/mol. The fraction of sp³-hybridized carbons (Fsp3) is 0.343. The van der Waals surface area contributed by atoms with E-state index < -0.39 is 23.4 Å². The number of para-hydroxylation sites is 1. The lowest BCUT2D eigenvalue weighted by Gasteiger charge is -2.40. The van der Waals surface area contributed by atoms with Crippen LogP contribution in [0.3, 0.4) is 0 Å². The van der Waals surface area contributed by atoms with Gasteiger partial charge in [-0.3, -0.25) is 4.79 Å². The van der Waals surface area contributed by atoms with Crippen molar-refractivity contribution in [1.82, 2.24) is 24.8 Å². The second kappa shape index (κ2) is 14.3. The van der Waals surface area contributed by atoms with E-state index in [9.17, 15) is 14.4 Å². The van der Waals surface area contributed by atoms with E-state index in [0.29, 0.717) is 31.9 Å². The molecule has 0 spiro atoms. The van der Waals surface area contributed by atoms with E-state index in [4.69, 9.17) is 4.74 Å². The number of aryl methyl sites for hydroxylation is 1. The molecule has 0 radical (unpaired) electrons. The SMILES string of the molecule is C=CC(=O)N1CCN(c2nc(=O)n(-c3c(C)cccc3C(C)C)c3nc(-c4ccc(NC(=O)NCCOC)cc4F)c(F)cc23)[C@@H](C)C1. The van der Waals surface area contributed by atoms with Gasteiger partial charge in [-0.15, -0.1) is 0 Å². The Morgan fingerprint density at radius 3 is 2.56 bits per heavy atom. The highest BCUT2D eigenvalue weighted by atomic mass is 19.1. The Balaban J connectivity index is 1.68. The second-order valence-corrected chi connectivity index (χ2v) is 12.0. The molecular formula is C35H39F2N7O4. The van der Waals surface area contributed by atoms with Crippen LogP contribution in [0.1, 0.15) is 37.8 Å². The highest BCUT2D eigenvalue weighted by Gasteiger charge is 2.30. The highest BCUT2D eigenvalue weighted by molar-refractivity contribution is 5.92. The molecule has 4 aromatic rings. The molecule has 3 heterocycles. The molecule has 0 saturated carbocycles. The number of pyridine rings is 1. The minimum absolute atomic E-state index is 0.0149. The smallest absolute Gasteiger partial charge is 0.355 e. The number of urea groups is 1. The van der Waals surface area contributed by atoms with Gasteiger partial charge in [0.2, 0.25) is 5.91 Å². The van der Waals surface area contributed by atoms with Crippen molar-refractivity contribution in [3.8, 4) is 16.9 Å². The predicted octanol–water partition coefficient (Wildman–Crippen LogP) is 5.15. The quantitative estimate of drug-likeness (QED) is 0.188. The standard InChI is InChI=1S/C35H39F2N7O4/c1-7-29(45)42-14-15-43(22(5)19-42)32-26-18-28(37)30(25-12-11-23(17-27(25)36)39-34(46)38-13-16-48-6)40-33(26)44(35(47)41-32)31-21(4)9-8-10-24(31)20(2)3/h7-12,17-18,20,22H,1,13-16,19H2,2-6H3,(H2,38,39,46)/t22-/m0/s1. The van der Waals surface area contributed by atoms with Crippen LogP contribution in [-0.4, -0.2) is 77.3 Å². The number of aromatic nitrogens is 3. The lowest BCUT2D eigenvalue weighted by atomic mass is 9.98. The molecule has 2 N–H and O–H groups in total. The number of benzene rings is 2. The molecule has 1 fully saturated rings. The summed E-state index contributed by atoms with van der Waals surface area (Å²) in [5.41, 5.74) is 1.37. The minimum Gasteiger partial charge on any atom is -0.383 e. The van der Waals surface area contributed by atoms with Crippen molar-refractivity contribution in [2.45, 2.75) is 39.7 Å². The summed E-state index contributed by atoms with van der Waals surface area (Å²) in [7, 11) is 1.50. The summed E-state index contributed by atoms with van der Waals surface area (Å²) in [4.78, 5) is 51.2. The van der Waals surface area contributed by atoms with Gasteiger partial charge in [-0.1, -0.05) is 38.6 Å². The van der Waals surface area contributed by atoms with Gasteiger partial charge in [0, 0.05) is 50.6 Å². The van der Waals surface area contributed by atoms with Gasteiger partial charge in [-0.05, 0) is 61.2 Å². The number of carbonyl (C=O) groups is 2. The summed E-state index contributed by atoms with van der Waals surface area (Å²) >= 11 is 0. The molecule has 2 aromatic heterocycles. The molecule has 2 aromatic carbocycles. The fourth-order valence-electron chi connectivity index (χ4n) is 6.00. The van der Waals surface area contributed by atoms with Crippen LogP contribution in [-0.2, 0) is 9.53 Å². The molecule has 5 rings (SSSR count). The normalized spacial score (nSPS) is 14.8. The number of rotatable bonds is 9. The number of hydrogen-bond acceptors (Lipinski definition) is 7. The third-order valence-electron chi connectivity index (χ3n) is 8.38. The van der Waals surface area contributed by atoms with Crippen LogP contribution < -0.4 is 21.2 Å². The zero-order valence-electron chi connectivity index (χ0n) is 27.6. The van der Waals surface area contributed by atoms with Crippen LogP contribution in [0, 0.1) is 18.6 Å². The Morgan fingerprint density at radius 2 is 1.90 bits per heavy atom. The van der Waals surface area contributed by atoms with E-state index in [1.807, 2.05) is 50.8 Å². The van der Waals surface area contributed by atoms with Gasteiger partial charge in [0.1, 0.15) is 23.1 Å². The fourth-order valence-corrected chi connectivity index (χ4v) is 6.00. The first-order chi connectivity index (χ1) is 22.9. The zero-order valence-corrected chi connectivity index (χ0v) is 27.6. The van der Waals surface area contributed by atoms with Crippen molar-refractivity contribution in [1.29, 1.82) is 0 Å². The Kier molecular flexibility index (Phi) is 10.2. The van der Waals surface area contributed by atoms with E-state index >= 15 is 8.78 Å². The van der Waals surface area contributed by atoms with Gasteiger partial charge in [0.05, 0.1) is 17.7 Å². The lowest BCUT2D eigenvalue weighted by Crippen LogP contribution is -2.54. The van der Waals surface area contributed by atoms with Crippen molar-refractivity contribution < 1.29 is 23.1 Å². The summed E-state index contributed by atoms with van der Waals surface area (Å²) in [5, 5.41) is 5.38. The van der Waals surface area contributed by atoms with Gasteiger partial charge in [0.25, 0.3) is 0 Å². The average Bonchev–Trinajstić information content (AvgIpc) is 3.04. The third-order valence-corrected chi connectivity index (χ3v) is 8.38. The van der Waals surface area contributed by atoms with Crippen molar-refractivity contribution in [3.63, 3.8) is 0 Å². The highest BCUT2D eigenvalue weighted by Crippen LogP contribution is 2.35. The molecule has 1 saturated heterocycles. The molecule has 1 aliphatic heterocycles. The molecular weight excluding hydrogens is 620 g/mol. The molecule has 11 nitrogen and oxygen atoms in total. The maximum atomic E-state index is 16.1. The molecule has 0 unspecified atom stereocenters. The van der Waals surface area contributed by atoms with Gasteiger partial charge in [0.15, 0.2) is 5.65 Å². The molecule has 252 valence electrons. The van der Waals surface area contributed by atoms with Gasteiger partial charge < -0.3 is 25.2 Å². The van der Waals surface area contributed by atoms with Crippen LogP contribution >= 0.6 is 0 Å². The maximum absolute atomic E-state index is 16.1. The minimum atomic E-state index is -0.825. The number of anilines is 2. The molecule has 3 amide bonds. The number of ether oxygens (including phenoxy) is 1. The van der Waals surface area contributed by atoms with Gasteiger partial charge in [-0.2, -0.15) is 4.98 Å². The summed E-state index contributed by atoms with van der Waals surface area (Å²) in [6.45, 7) is 12.9. The number of halogens is 2. The van der Waals surface area contributed by atoms with E-state index in [1.54, 1.807) is 4.90 Å². The number of nitrogens with zero attached hydrogens (tertiary/aromatic N) is 5. The van der Waals surface area contributed by atoms with Crippen LogP contribution in [0.5, 0.6) is 0 Å². The molecule has 48 heavy (non-hydrogen) atoms. The molecule has 1 atom stereocenters. The van der Waals surface area contributed by atoms with Crippen molar-refractivity contribution in [2.75, 3.05) is 50.1 Å². The number of carbonyl (C=O) groups excluding carboxylic acids is 2. The van der Waals surface area contributed by atoms with E-state index in [1.165, 1.54) is 36.0 Å². The Labute approximate surface area is 277 Å². The van der Waals surface area contributed by atoms with Gasteiger partial charge in [-0.25, -0.2) is 27.9 Å². The van der Waals surface area contributed by atoms with E-state index in [2.05, 4.69) is 27.2 Å². The molecule has 0 aliphatic carbocycles. The first-order valence-corrected chi connectivity index (χ1v) is 15.7. The number of fused-ring (bicyclic) bond motifs is 1. The number of piperazine rings is 1. The summed E-state index contributed by atoms with van der Waals surface area (Å²) < 4.78 is 38.0. The summed E-state index contributed by atoms with van der Waals surface area (Å²) in [6.07, 6.45) is 1.26. The van der Waals surface area contributed by atoms with Crippen LogP contribution in [0.15, 0.2) is 59.9 Å². The maximum Gasteiger partial charge on any atom is 0.355 e. The molecule has 0 bridgehead atoms. The Bertz CT molecular complexity index is 1940. The monoisotopic (exact) mass is 659 g/mol. The Hall–Kier alpha value is -5.17. The Morgan fingerprint density at radius 1 is 1.12 bits per heavy atom. The number of hydrogen-bond donors (Lipinski definition) is 2. The summed E-state index contributed by atoms with van der Waals surface area (Å²) in [5.74, 6) is -1.62. The third kappa shape index (κ3) is 6.77. The predicted molar refractivity (Wildman–Crippen MR) is 182 cm³/mol. The topological polar surface area (TPSA) is 122 Å². The van der Waals surface area contributed by atoms with E-state index in [0.717, 1.165) is 17.2 Å². The van der Waals surface area contributed by atoms with Gasteiger partial charge >= 0.3 is 11.7 Å². The van der Waals surface area contributed by atoms with E-state index in [-0.39, 0.29) is 58.2 Å². The first-order valence-electron chi connectivity index (χ1n) is 15.7. The van der Waals surface area contributed by atoms with Crippen LogP contribution in [0.4, 0.5) is 25.1 Å². The van der Waals surface area contributed by atoms with Crippen molar-refractivity contribution in [3.05, 3.63) is 88.4 Å². The lowest BCUT2D eigenvalue weighted by molar-refractivity contribution is -0.126. The largest absolute Gasteiger partial charge is 0.383 e. The zero-order chi connectivity index (χ0) is 34.7. The van der Waals surface area contributed by atoms with Crippen molar-refractivity contribution in [2.24, 2.45) is 0 Å². The first kappa shape index (κ1) is 34.2.